The van der Waals surface area contributed by atoms with Crippen LogP contribution in [0.5, 0.6) is 0 Å². The van der Waals surface area contributed by atoms with Gasteiger partial charge < -0.3 is 5.32 Å². The Morgan fingerprint density at radius 1 is 1.37 bits per heavy atom. The van der Waals surface area contributed by atoms with Crippen LogP contribution in [0.4, 0.5) is 5.69 Å². The van der Waals surface area contributed by atoms with E-state index in [4.69, 9.17) is 0 Å². The Morgan fingerprint density at radius 3 is 2.79 bits per heavy atom. The number of carbonyl (C=O) groups is 2. The molecular weight excluding hydrogens is 244 g/mol. The van der Waals surface area contributed by atoms with E-state index in [1.165, 1.54) is 6.92 Å². The summed E-state index contributed by atoms with van der Waals surface area (Å²) in [4.78, 5) is 26.6. The second kappa shape index (κ2) is 5.43. The van der Waals surface area contributed by atoms with Crippen LogP contribution in [0, 0.1) is 6.92 Å². The molecule has 0 aliphatic rings. The highest BCUT2D eigenvalue weighted by molar-refractivity contribution is 6.03. The maximum absolute atomic E-state index is 11.5. The molecule has 98 valence electrons. The summed E-state index contributed by atoms with van der Waals surface area (Å²) in [7, 11) is 0. The lowest BCUT2D eigenvalue weighted by Crippen LogP contribution is -2.14. The van der Waals surface area contributed by atoms with Crippen molar-refractivity contribution in [1.82, 2.24) is 15.2 Å². The van der Waals surface area contributed by atoms with Gasteiger partial charge in [-0.2, -0.15) is 5.10 Å². The molecule has 0 bridgehead atoms. The van der Waals surface area contributed by atoms with E-state index >= 15 is 0 Å². The number of hydrogen-bond acceptors (Lipinski definition) is 4. The van der Waals surface area contributed by atoms with Crippen LogP contribution >= 0.6 is 0 Å². The van der Waals surface area contributed by atoms with Crippen molar-refractivity contribution in [2.75, 3.05) is 5.32 Å². The predicted octanol–water partition coefficient (Wildman–Crippen LogP) is 1.70. The molecule has 1 aromatic carbocycles. The second-order valence-electron chi connectivity index (χ2n) is 4.25. The summed E-state index contributed by atoms with van der Waals surface area (Å²) in [6, 6.07) is 7.16. The third kappa shape index (κ3) is 3.48. The van der Waals surface area contributed by atoms with Gasteiger partial charge >= 0.3 is 0 Å². The largest absolute Gasteiger partial charge is 0.326 e. The van der Waals surface area contributed by atoms with E-state index in [2.05, 4.69) is 20.5 Å². The third-order valence-electron chi connectivity index (χ3n) is 2.41. The molecule has 6 nitrogen and oxygen atoms in total. The number of aromatic nitrogens is 3. The average Bonchev–Trinajstić information content (AvgIpc) is 2.75. The number of benzene rings is 1. The molecule has 6 heteroatoms. The molecule has 19 heavy (non-hydrogen) atoms. The van der Waals surface area contributed by atoms with E-state index in [1.807, 2.05) is 13.0 Å². The van der Waals surface area contributed by atoms with Crippen molar-refractivity contribution in [2.24, 2.45) is 0 Å². The van der Waals surface area contributed by atoms with E-state index in [9.17, 15) is 9.59 Å². The van der Waals surface area contributed by atoms with E-state index < -0.39 is 0 Å². The first-order valence-electron chi connectivity index (χ1n) is 5.83. The molecule has 0 unspecified atom stereocenters. The van der Waals surface area contributed by atoms with Crippen LogP contribution in [-0.4, -0.2) is 26.9 Å². The highest BCUT2D eigenvalue weighted by Crippen LogP contribution is 2.19. The highest BCUT2D eigenvalue weighted by atomic mass is 16.2. The van der Waals surface area contributed by atoms with E-state index in [-0.39, 0.29) is 18.1 Å². The minimum Gasteiger partial charge on any atom is -0.326 e. The zero-order valence-corrected chi connectivity index (χ0v) is 10.7. The van der Waals surface area contributed by atoms with Crippen LogP contribution in [-0.2, 0) is 9.59 Å². The smallest absolute Gasteiger partial charge is 0.231 e. The minimum atomic E-state index is -0.323. The highest BCUT2D eigenvalue weighted by Gasteiger charge is 2.08. The van der Waals surface area contributed by atoms with Gasteiger partial charge in [0.15, 0.2) is 5.82 Å². The quantitative estimate of drug-likeness (QED) is 0.817. The van der Waals surface area contributed by atoms with Crippen molar-refractivity contribution in [3.8, 4) is 11.4 Å². The molecule has 2 N–H and O–H groups in total. The molecule has 2 aromatic rings. The molecule has 0 aliphatic carbocycles. The maximum Gasteiger partial charge on any atom is 0.231 e. The van der Waals surface area contributed by atoms with Gasteiger partial charge in [0.2, 0.25) is 5.91 Å². The molecule has 1 amide bonds. The van der Waals surface area contributed by atoms with Crippen LogP contribution in [0.1, 0.15) is 19.2 Å². The fraction of sp³-hybridized carbons (Fsp3) is 0.231. The lowest BCUT2D eigenvalue weighted by molar-refractivity contribution is -0.124. The number of nitrogens with zero attached hydrogens (tertiary/aromatic N) is 2. The van der Waals surface area contributed by atoms with Gasteiger partial charge in [-0.15, -0.1) is 0 Å². The van der Waals surface area contributed by atoms with Crippen LogP contribution in [0.25, 0.3) is 11.4 Å². The number of Topliss-reactive ketones (excluding diaryl/α,β-unsaturated/α-hetero) is 1. The Morgan fingerprint density at radius 2 is 2.16 bits per heavy atom. The number of nitrogens with one attached hydrogen (secondary N) is 2. The average molecular weight is 258 g/mol. The topological polar surface area (TPSA) is 87.7 Å². The first kappa shape index (κ1) is 12.9. The second-order valence-corrected chi connectivity index (χ2v) is 4.25. The molecule has 0 atom stereocenters. The van der Waals surface area contributed by atoms with Gasteiger partial charge in [-0.25, -0.2) is 4.98 Å². The van der Waals surface area contributed by atoms with Gasteiger partial charge in [-0.3, -0.25) is 14.7 Å². The van der Waals surface area contributed by atoms with Crippen molar-refractivity contribution < 1.29 is 9.59 Å². The summed E-state index contributed by atoms with van der Waals surface area (Å²) in [6.07, 6.45) is -0.121. The maximum atomic E-state index is 11.5. The minimum absolute atomic E-state index is 0.121. The van der Waals surface area contributed by atoms with Crippen LogP contribution in [0.3, 0.4) is 0 Å². The summed E-state index contributed by atoms with van der Waals surface area (Å²) in [6.45, 7) is 3.20. The zero-order chi connectivity index (χ0) is 13.8. The summed E-state index contributed by atoms with van der Waals surface area (Å²) in [5, 5.41) is 9.48. The molecule has 0 radical (unpaired) electrons. The lowest BCUT2D eigenvalue weighted by atomic mass is 10.2. The molecule has 1 aromatic heterocycles. The van der Waals surface area contributed by atoms with E-state index in [1.54, 1.807) is 18.2 Å². The Kier molecular flexibility index (Phi) is 3.70. The number of hydrogen-bond donors (Lipinski definition) is 2. The molecule has 0 saturated heterocycles. The van der Waals surface area contributed by atoms with E-state index in [0.29, 0.717) is 11.5 Å². The number of carbonyl (C=O) groups excluding carboxylic acids is 2. The fourth-order valence-corrected chi connectivity index (χ4v) is 1.64. The Balaban J connectivity index is 2.15. The van der Waals surface area contributed by atoms with Gasteiger partial charge in [0, 0.05) is 11.3 Å². The lowest BCUT2D eigenvalue weighted by Gasteiger charge is -2.04. The Labute approximate surface area is 110 Å². The Hall–Kier alpha value is -2.50. The summed E-state index contributed by atoms with van der Waals surface area (Å²) >= 11 is 0. The van der Waals surface area contributed by atoms with Crippen molar-refractivity contribution in [3.05, 3.63) is 30.1 Å². The number of aromatic amines is 1. The first-order chi connectivity index (χ1) is 9.04. The standard InChI is InChI=1S/C13H14N4O2/c1-8(18)6-12(19)15-11-5-3-4-10(7-11)13-14-9(2)16-17-13/h3-5,7H,6H2,1-2H3,(H,15,19)(H,14,16,17). The van der Waals surface area contributed by atoms with Crippen LogP contribution < -0.4 is 5.32 Å². The van der Waals surface area contributed by atoms with Gasteiger partial charge in [-0.05, 0) is 26.0 Å². The normalized spacial score (nSPS) is 10.2. The van der Waals surface area contributed by atoms with Crippen molar-refractivity contribution in [2.45, 2.75) is 20.3 Å². The van der Waals surface area contributed by atoms with Gasteiger partial charge in [0.05, 0.1) is 6.42 Å². The van der Waals surface area contributed by atoms with Crippen molar-refractivity contribution in [3.63, 3.8) is 0 Å². The van der Waals surface area contributed by atoms with E-state index in [0.717, 1.165) is 11.4 Å². The molecule has 0 fully saturated rings. The summed E-state index contributed by atoms with van der Waals surface area (Å²) < 4.78 is 0. The van der Waals surface area contributed by atoms with Crippen LogP contribution in [0.15, 0.2) is 24.3 Å². The number of anilines is 1. The number of H-pyrrole nitrogens is 1. The van der Waals surface area contributed by atoms with Gasteiger partial charge in [-0.1, -0.05) is 12.1 Å². The van der Waals surface area contributed by atoms with Crippen molar-refractivity contribution >= 4 is 17.4 Å². The van der Waals surface area contributed by atoms with Crippen molar-refractivity contribution in [1.29, 1.82) is 0 Å². The van der Waals surface area contributed by atoms with Crippen LogP contribution in [0.2, 0.25) is 0 Å². The SMILES string of the molecule is CC(=O)CC(=O)Nc1cccc(-c2n[nH]c(C)n2)c1. The zero-order valence-electron chi connectivity index (χ0n) is 10.7. The monoisotopic (exact) mass is 258 g/mol. The predicted molar refractivity (Wildman–Crippen MR) is 70.5 cm³/mol. The number of ketones is 1. The first-order valence-corrected chi connectivity index (χ1v) is 5.83. The fourth-order valence-electron chi connectivity index (χ4n) is 1.64. The third-order valence-corrected chi connectivity index (χ3v) is 2.41. The summed E-state index contributed by atoms with van der Waals surface area (Å²) in [5.41, 5.74) is 1.41. The molecule has 2 rings (SSSR count). The molecule has 0 saturated carbocycles. The molecule has 0 aliphatic heterocycles. The summed E-state index contributed by atoms with van der Waals surface area (Å²) in [5.74, 6) is 0.801. The number of rotatable bonds is 4. The van der Waals surface area contributed by atoms with Gasteiger partial charge in [0.1, 0.15) is 11.6 Å². The Bertz CT molecular complexity index is 619. The molecule has 1 heterocycles. The van der Waals surface area contributed by atoms with Gasteiger partial charge in [0.25, 0.3) is 0 Å². The molecule has 0 spiro atoms. The number of aryl methyl sites for hydroxylation is 1. The molecular formula is C13H14N4O2. The number of amides is 1.